The normalized spacial score (nSPS) is 13.9. The van der Waals surface area contributed by atoms with Crippen LogP contribution in [0.5, 0.6) is 0 Å². The van der Waals surface area contributed by atoms with Crippen LogP contribution in [0.4, 0.5) is 0 Å². The molecule has 0 aromatic carbocycles. The minimum absolute atomic E-state index is 0.0287. The van der Waals surface area contributed by atoms with E-state index in [1.165, 1.54) is 83.5 Å². The Morgan fingerprint density at radius 2 is 0.981 bits per heavy atom. The van der Waals surface area contributed by atoms with Gasteiger partial charge in [-0.3, -0.25) is 18.6 Å². The number of phosphoric acid groups is 1. The van der Waals surface area contributed by atoms with Gasteiger partial charge in [0, 0.05) is 12.8 Å². The van der Waals surface area contributed by atoms with Crippen LogP contribution in [0.3, 0.4) is 0 Å². The van der Waals surface area contributed by atoms with Crippen LogP contribution in [0.15, 0.2) is 24.3 Å². The van der Waals surface area contributed by atoms with E-state index < -0.39 is 26.5 Å². The summed E-state index contributed by atoms with van der Waals surface area (Å²) in [6.07, 6.45) is 36.5. The van der Waals surface area contributed by atoms with Gasteiger partial charge >= 0.3 is 19.8 Å². The number of unbranched alkanes of at least 4 members (excludes halogenated alkanes) is 20. The van der Waals surface area contributed by atoms with Gasteiger partial charge in [0.2, 0.25) is 0 Å². The van der Waals surface area contributed by atoms with Crippen molar-refractivity contribution in [3.05, 3.63) is 24.3 Å². The Labute approximate surface area is 319 Å². The van der Waals surface area contributed by atoms with Crippen LogP contribution >= 0.6 is 7.82 Å². The third-order valence-electron chi connectivity index (χ3n) is 8.95. The van der Waals surface area contributed by atoms with Gasteiger partial charge in [0.15, 0.2) is 6.10 Å². The minimum Gasteiger partial charge on any atom is -0.462 e. The second-order valence-corrected chi connectivity index (χ2v) is 16.8. The molecule has 0 radical (unpaired) electrons. The van der Waals surface area contributed by atoms with Gasteiger partial charge in [0.05, 0.1) is 27.7 Å². The Morgan fingerprint density at radius 1 is 0.577 bits per heavy atom. The van der Waals surface area contributed by atoms with Crippen molar-refractivity contribution in [2.45, 2.75) is 187 Å². The SMILES string of the molecule is CCCCCCCC/C=C/CCCCCCCC(=O)OC[C@H](COP(=O)(O)OCC[N+](C)(C)C)OC(=O)CCCCC/C=C/CCCCCCCC. The Hall–Kier alpha value is -1.51. The van der Waals surface area contributed by atoms with Crippen molar-refractivity contribution in [2.75, 3.05) is 47.5 Å². The highest BCUT2D eigenvalue weighted by Crippen LogP contribution is 2.43. The smallest absolute Gasteiger partial charge is 0.462 e. The molecule has 1 N–H and O–H groups in total. The summed E-state index contributed by atoms with van der Waals surface area (Å²) in [5.41, 5.74) is 0. The van der Waals surface area contributed by atoms with E-state index >= 15 is 0 Å². The van der Waals surface area contributed by atoms with Gasteiger partial charge in [-0.2, -0.15) is 0 Å². The molecule has 0 heterocycles. The zero-order valence-electron chi connectivity index (χ0n) is 34.3. The average molecular weight is 759 g/mol. The number of allylic oxidation sites excluding steroid dienone is 4. The molecule has 0 aliphatic carbocycles. The molecule has 0 aromatic heterocycles. The van der Waals surface area contributed by atoms with E-state index in [0.717, 1.165) is 64.2 Å². The van der Waals surface area contributed by atoms with E-state index in [9.17, 15) is 19.0 Å². The standard InChI is InChI=1S/C42H80NO8P/c1-6-8-10-12-14-16-18-20-21-23-24-26-28-30-32-34-41(44)48-38-40(39-50-52(46,47)49-37-36-43(3,4)5)51-42(45)35-33-31-29-27-25-22-19-17-15-13-11-9-7-2/h20-22,25,40H,6-19,23-24,26-39H2,1-5H3/p+1/b21-20+,25-22+/t40-/m1/s1. The van der Waals surface area contributed by atoms with E-state index in [0.29, 0.717) is 17.4 Å². The molecule has 0 aliphatic rings. The molecule has 52 heavy (non-hydrogen) atoms. The molecule has 10 heteroatoms. The van der Waals surface area contributed by atoms with Gasteiger partial charge in [-0.05, 0) is 64.2 Å². The predicted molar refractivity (Wildman–Crippen MR) is 215 cm³/mol. The number of hydrogen-bond acceptors (Lipinski definition) is 7. The second kappa shape index (κ2) is 35.2. The van der Waals surface area contributed by atoms with Crippen molar-refractivity contribution in [1.29, 1.82) is 0 Å². The summed E-state index contributed by atoms with van der Waals surface area (Å²) in [5, 5.41) is 0. The molecule has 0 fully saturated rings. The zero-order valence-corrected chi connectivity index (χ0v) is 35.2. The third-order valence-corrected chi connectivity index (χ3v) is 9.94. The number of quaternary nitrogens is 1. The van der Waals surface area contributed by atoms with Crippen LogP contribution in [-0.4, -0.2) is 74.9 Å². The first-order chi connectivity index (χ1) is 25.0. The Bertz CT molecular complexity index is 949. The molecule has 0 aliphatic heterocycles. The number of carbonyl (C=O) groups is 2. The molecule has 0 spiro atoms. The summed E-state index contributed by atoms with van der Waals surface area (Å²) < 4.78 is 34.2. The van der Waals surface area contributed by atoms with Crippen LogP contribution in [0, 0.1) is 0 Å². The molecule has 0 amide bonds. The molecule has 0 aromatic rings. The van der Waals surface area contributed by atoms with Gasteiger partial charge in [-0.15, -0.1) is 0 Å². The van der Waals surface area contributed by atoms with E-state index in [-0.39, 0.29) is 32.0 Å². The van der Waals surface area contributed by atoms with Gasteiger partial charge < -0.3 is 18.9 Å². The van der Waals surface area contributed by atoms with Crippen molar-refractivity contribution in [3.8, 4) is 0 Å². The van der Waals surface area contributed by atoms with E-state index in [4.69, 9.17) is 18.5 Å². The molecule has 0 bridgehead atoms. The number of nitrogens with zero attached hydrogens (tertiary/aromatic N) is 1. The fourth-order valence-electron chi connectivity index (χ4n) is 5.59. The van der Waals surface area contributed by atoms with Crippen molar-refractivity contribution in [1.82, 2.24) is 0 Å². The fraction of sp³-hybridized carbons (Fsp3) is 0.857. The first-order valence-electron chi connectivity index (χ1n) is 21.1. The van der Waals surface area contributed by atoms with Gasteiger partial charge in [-0.25, -0.2) is 4.57 Å². The van der Waals surface area contributed by atoms with Crippen molar-refractivity contribution < 1.29 is 42.1 Å². The monoisotopic (exact) mass is 759 g/mol. The lowest BCUT2D eigenvalue weighted by Crippen LogP contribution is -2.37. The number of rotatable bonds is 38. The van der Waals surface area contributed by atoms with Crippen LogP contribution in [-0.2, 0) is 32.7 Å². The third kappa shape index (κ3) is 38.2. The molecule has 0 saturated carbocycles. The number of esters is 2. The Balaban J connectivity index is 4.41. The summed E-state index contributed by atoms with van der Waals surface area (Å²) >= 11 is 0. The van der Waals surface area contributed by atoms with E-state index in [1.807, 2.05) is 21.1 Å². The number of hydrogen-bond donors (Lipinski definition) is 1. The highest BCUT2D eigenvalue weighted by Gasteiger charge is 2.27. The summed E-state index contributed by atoms with van der Waals surface area (Å²) in [6, 6.07) is 0. The molecule has 0 saturated heterocycles. The van der Waals surface area contributed by atoms with Crippen LogP contribution in [0.25, 0.3) is 0 Å². The van der Waals surface area contributed by atoms with Crippen LogP contribution < -0.4 is 0 Å². The lowest BCUT2D eigenvalue weighted by atomic mass is 10.1. The average Bonchev–Trinajstić information content (AvgIpc) is 3.09. The van der Waals surface area contributed by atoms with Gasteiger partial charge in [0.25, 0.3) is 0 Å². The van der Waals surface area contributed by atoms with Crippen molar-refractivity contribution in [2.24, 2.45) is 0 Å². The predicted octanol–water partition coefficient (Wildman–Crippen LogP) is 11.6. The molecular formula is C42H81NO8P+. The first-order valence-corrected chi connectivity index (χ1v) is 22.6. The van der Waals surface area contributed by atoms with Gasteiger partial charge in [0.1, 0.15) is 19.8 Å². The lowest BCUT2D eigenvalue weighted by molar-refractivity contribution is -0.870. The summed E-state index contributed by atoms with van der Waals surface area (Å²) in [6.45, 7) is 4.38. The highest BCUT2D eigenvalue weighted by molar-refractivity contribution is 7.47. The topological polar surface area (TPSA) is 108 Å². The zero-order chi connectivity index (χ0) is 38.6. The summed E-state index contributed by atoms with van der Waals surface area (Å²) in [5.74, 6) is -0.825. The molecule has 9 nitrogen and oxygen atoms in total. The molecule has 306 valence electrons. The van der Waals surface area contributed by atoms with Crippen LogP contribution in [0.1, 0.15) is 181 Å². The minimum atomic E-state index is -4.37. The maximum absolute atomic E-state index is 12.6. The second-order valence-electron chi connectivity index (χ2n) is 15.4. The maximum atomic E-state index is 12.6. The molecule has 1 unspecified atom stereocenters. The largest absolute Gasteiger partial charge is 0.472 e. The van der Waals surface area contributed by atoms with Gasteiger partial charge in [-0.1, -0.05) is 128 Å². The van der Waals surface area contributed by atoms with Crippen molar-refractivity contribution in [3.63, 3.8) is 0 Å². The molecular weight excluding hydrogens is 677 g/mol. The highest BCUT2D eigenvalue weighted by atomic mass is 31.2. The number of phosphoric ester groups is 1. The van der Waals surface area contributed by atoms with E-state index in [1.54, 1.807) is 0 Å². The maximum Gasteiger partial charge on any atom is 0.472 e. The number of likely N-dealkylation sites (N-methyl/N-ethyl adjacent to an activating group) is 1. The molecule has 2 atom stereocenters. The van der Waals surface area contributed by atoms with Crippen LogP contribution in [0.2, 0.25) is 0 Å². The Kier molecular flexibility index (Phi) is 34.2. The molecule has 0 rings (SSSR count). The quantitative estimate of drug-likeness (QED) is 0.0218. The number of carbonyl (C=O) groups excluding carboxylic acids is 2. The van der Waals surface area contributed by atoms with E-state index in [2.05, 4.69) is 38.2 Å². The summed E-state index contributed by atoms with van der Waals surface area (Å²) in [7, 11) is 1.46. The fourth-order valence-corrected chi connectivity index (χ4v) is 6.33. The van der Waals surface area contributed by atoms with Crippen molar-refractivity contribution >= 4 is 19.8 Å². The lowest BCUT2D eigenvalue weighted by Gasteiger charge is -2.24. The Morgan fingerprint density at radius 3 is 1.44 bits per heavy atom. The summed E-state index contributed by atoms with van der Waals surface area (Å²) in [4.78, 5) is 35.3. The first kappa shape index (κ1) is 50.5. The number of ether oxygens (including phenoxy) is 2.